The average Bonchev–Trinajstić information content (AvgIpc) is 2.62. The van der Waals surface area contributed by atoms with Gasteiger partial charge in [0.1, 0.15) is 5.69 Å². The molecule has 3 rings (SSSR count). The summed E-state index contributed by atoms with van der Waals surface area (Å²) < 4.78 is 27.6. The molecule has 1 aromatic heterocycles. The number of nitrogens with zero attached hydrogens (tertiary/aromatic N) is 3. The van der Waals surface area contributed by atoms with Gasteiger partial charge in [-0.25, -0.2) is 13.4 Å². The second kappa shape index (κ2) is 7.51. The number of rotatable bonds is 4. The van der Waals surface area contributed by atoms with Crippen molar-refractivity contribution in [1.29, 1.82) is 0 Å². The lowest BCUT2D eigenvalue weighted by atomic mass is 10.0. The number of aromatic nitrogens is 2. The largest absolute Gasteiger partial charge is 0.321 e. The van der Waals surface area contributed by atoms with Crippen LogP contribution in [0, 0.1) is 0 Å². The van der Waals surface area contributed by atoms with Gasteiger partial charge in [-0.3, -0.25) is 9.78 Å². The smallest absolute Gasteiger partial charge is 0.275 e. The van der Waals surface area contributed by atoms with Gasteiger partial charge in [0, 0.05) is 30.2 Å². The minimum absolute atomic E-state index is 0.0141. The van der Waals surface area contributed by atoms with Crippen molar-refractivity contribution in [3.05, 3.63) is 48.5 Å². The molecule has 7 nitrogen and oxygen atoms in total. The number of nitrogens with one attached hydrogen (secondary N) is 1. The van der Waals surface area contributed by atoms with Gasteiger partial charge in [-0.05, 0) is 51.0 Å². The second-order valence-electron chi connectivity index (χ2n) is 6.53. The van der Waals surface area contributed by atoms with Crippen LogP contribution >= 0.6 is 0 Å². The molecule has 1 aliphatic rings. The molecule has 1 aromatic carbocycles. The van der Waals surface area contributed by atoms with Crippen LogP contribution in [0.1, 0.15) is 43.6 Å². The van der Waals surface area contributed by atoms with E-state index in [0.29, 0.717) is 5.69 Å². The standard InChI is InChI=1S/C18H22N4O3S/c1-13-4-3-5-14(2)22(13)26(24,25)16-8-6-15(7-9-16)21-18(23)17-12-19-10-11-20-17/h6-14H,3-5H2,1-2H3,(H,21,23). The second-order valence-corrected chi connectivity index (χ2v) is 8.38. The first kappa shape index (κ1) is 18.5. The molecule has 2 atom stereocenters. The average molecular weight is 374 g/mol. The molecule has 0 radical (unpaired) electrons. The number of hydrogen-bond donors (Lipinski definition) is 1. The van der Waals surface area contributed by atoms with Gasteiger partial charge in [0.25, 0.3) is 5.91 Å². The number of sulfonamides is 1. The van der Waals surface area contributed by atoms with Crippen LogP contribution in [0.4, 0.5) is 5.69 Å². The highest BCUT2D eigenvalue weighted by molar-refractivity contribution is 7.89. The highest BCUT2D eigenvalue weighted by Crippen LogP contribution is 2.29. The molecular weight excluding hydrogens is 352 g/mol. The number of carbonyl (C=O) groups is 1. The summed E-state index contributed by atoms with van der Waals surface area (Å²) in [5, 5.41) is 2.68. The summed E-state index contributed by atoms with van der Waals surface area (Å²) in [5.41, 5.74) is 0.694. The number of amides is 1. The summed E-state index contributed by atoms with van der Waals surface area (Å²) in [6.45, 7) is 3.89. The number of benzene rings is 1. The summed E-state index contributed by atoms with van der Waals surface area (Å²) in [5.74, 6) is -0.396. The zero-order chi connectivity index (χ0) is 18.7. The molecule has 2 heterocycles. The van der Waals surface area contributed by atoms with E-state index < -0.39 is 15.9 Å². The van der Waals surface area contributed by atoms with Crippen LogP contribution in [-0.2, 0) is 10.0 Å². The molecule has 1 saturated heterocycles. The highest BCUT2D eigenvalue weighted by Gasteiger charge is 2.35. The molecule has 0 spiro atoms. The number of carbonyl (C=O) groups excluding carboxylic acids is 1. The molecule has 0 aliphatic carbocycles. The zero-order valence-electron chi connectivity index (χ0n) is 14.8. The van der Waals surface area contributed by atoms with Crippen molar-refractivity contribution in [2.24, 2.45) is 0 Å². The third-order valence-corrected chi connectivity index (χ3v) is 6.74. The fourth-order valence-electron chi connectivity index (χ4n) is 3.31. The van der Waals surface area contributed by atoms with E-state index in [1.165, 1.54) is 30.7 Å². The maximum absolute atomic E-state index is 13.0. The molecule has 1 amide bonds. The predicted octanol–water partition coefficient (Wildman–Crippen LogP) is 2.68. The number of piperidine rings is 1. The van der Waals surface area contributed by atoms with Gasteiger partial charge in [-0.15, -0.1) is 0 Å². The highest BCUT2D eigenvalue weighted by atomic mass is 32.2. The van der Waals surface area contributed by atoms with Gasteiger partial charge in [-0.2, -0.15) is 4.31 Å². The third kappa shape index (κ3) is 3.76. The fraction of sp³-hybridized carbons (Fsp3) is 0.389. The monoisotopic (exact) mass is 374 g/mol. The van der Waals surface area contributed by atoms with Gasteiger partial charge in [0.2, 0.25) is 10.0 Å². The van der Waals surface area contributed by atoms with E-state index in [2.05, 4.69) is 15.3 Å². The molecule has 2 unspecified atom stereocenters. The van der Waals surface area contributed by atoms with Crippen LogP contribution in [0.5, 0.6) is 0 Å². The Hall–Kier alpha value is -2.32. The molecule has 0 bridgehead atoms. The van der Waals surface area contributed by atoms with Crippen LogP contribution in [0.2, 0.25) is 0 Å². The predicted molar refractivity (Wildman–Crippen MR) is 98.2 cm³/mol. The SMILES string of the molecule is CC1CCCC(C)N1S(=O)(=O)c1ccc(NC(=O)c2cnccn2)cc1. The Morgan fingerprint density at radius 1 is 1.12 bits per heavy atom. The molecule has 1 fully saturated rings. The Balaban J connectivity index is 1.77. The third-order valence-electron chi connectivity index (χ3n) is 4.60. The lowest BCUT2D eigenvalue weighted by Crippen LogP contribution is -2.47. The number of anilines is 1. The van der Waals surface area contributed by atoms with E-state index in [1.807, 2.05) is 13.8 Å². The fourth-order valence-corrected chi connectivity index (χ4v) is 5.20. The maximum atomic E-state index is 13.0. The summed E-state index contributed by atoms with van der Waals surface area (Å²) >= 11 is 0. The molecule has 0 saturated carbocycles. The van der Waals surface area contributed by atoms with Gasteiger partial charge in [-0.1, -0.05) is 6.42 Å². The van der Waals surface area contributed by atoms with Crippen molar-refractivity contribution in [2.75, 3.05) is 5.32 Å². The van der Waals surface area contributed by atoms with Crippen molar-refractivity contribution in [1.82, 2.24) is 14.3 Å². The topological polar surface area (TPSA) is 92.3 Å². The van der Waals surface area contributed by atoms with Crippen molar-refractivity contribution in [3.8, 4) is 0 Å². The van der Waals surface area contributed by atoms with Crippen molar-refractivity contribution in [2.45, 2.75) is 50.1 Å². The van der Waals surface area contributed by atoms with Crippen molar-refractivity contribution in [3.63, 3.8) is 0 Å². The van der Waals surface area contributed by atoms with Gasteiger partial charge in [0.05, 0.1) is 11.1 Å². The van der Waals surface area contributed by atoms with E-state index in [1.54, 1.807) is 16.4 Å². The van der Waals surface area contributed by atoms with Crippen LogP contribution in [-0.4, -0.2) is 40.7 Å². The Kier molecular flexibility index (Phi) is 5.33. The van der Waals surface area contributed by atoms with E-state index in [0.717, 1.165) is 19.3 Å². The minimum atomic E-state index is -3.56. The molecule has 1 aliphatic heterocycles. The van der Waals surface area contributed by atoms with Crippen LogP contribution in [0.3, 0.4) is 0 Å². The quantitative estimate of drug-likeness (QED) is 0.888. The minimum Gasteiger partial charge on any atom is -0.321 e. The number of hydrogen-bond acceptors (Lipinski definition) is 5. The molecule has 1 N–H and O–H groups in total. The van der Waals surface area contributed by atoms with Crippen LogP contribution < -0.4 is 5.32 Å². The van der Waals surface area contributed by atoms with Crippen molar-refractivity contribution >= 4 is 21.6 Å². The Morgan fingerprint density at radius 2 is 1.77 bits per heavy atom. The van der Waals surface area contributed by atoms with E-state index in [4.69, 9.17) is 0 Å². The van der Waals surface area contributed by atoms with Crippen molar-refractivity contribution < 1.29 is 13.2 Å². The lowest BCUT2D eigenvalue weighted by Gasteiger charge is -2.37. The van der Waals surface area contributed by atoms with E-state index >= 15 is 0 Å². The first-order valence-corrected chi connectivity index (χ1v) is 10.0. The molecule has 8 heteroatoms. The summed E-state index contributed by atoms with van der Waals surface area (Å²) in [4.78, 5) is 20.1. The Morgan fingerprint density at radius 3 is 2.35 bits per heavy atom. The molecule has 138 valence electrons. The summed E-state index contributed by atoms with van der Waals surface area (Å²) in [6.07, 6.45) is 7.07. The summed E-state index contributed by atoms with van der Waals surface area (Å²) in [6, 6.07) is 6.19. The maximum Gasteiger partial charge on any atom is 0.275 e. The lowest BCUT2D eigenvalue weighted by molar-refractivity contribution is 0.102. The molecule has 2 aromatic rings. The van der Waals surface area contributed by atoms with Crippen LogP contribution in [0.25, 0.3) is 0 Å². The first-order valence-electron chi connectivity index (χ1n) is 8.60. The molecule has 26 heavy (non-hydrogen) atoms. The van der Waals surface area contributed by atoms with Crippen LogP contribution in [0.15, 0.2) is 47.8 Å². The van der Waals surface area contributed by atoms with Gasteiger partial charge in [0.15, 0.2) is 0 Å². The first-order chi connectivity index (χ1) is 12.4. The Labute approximate surface area is 153 Å². The Bertz CT molecular complexity index is 859. The van der Waals surface area contributed by atoms with E-state index in [9.17, 15) is 13.2 Å². The van der Waals surface area contributed by atoms with Gasteiger partial charge >= 0.3 is 0 Å². The van der Waals surface area contributed by atoms with E-state index in [-0.39, 0.29) is 22.7 Å². The zero-order valence-corrected chi connectivity index (χ0v) is 15.6. The van der Waals surface area contributed by atoms with Gasteiger partial charge < -0.3 is 5.32 Å². The summed E-state index contributed by atoms with van der Waals surface area (Å²) in [7, 11) is -3.56. The normalized spacial score (nSPS) is 21.3. The molecular formula is C18H22N4O3S.